The molecule has 0 atom stereocenters. The first-order valence-corrected chi connectivity index (χ1v) is 13.4. The lowest BCUT2D eigenvalue weighted by molar-refractivity contribution is -0.128. The molecule has 0 bridgehead atoms. The van der Waals surface area contributed by atoms with Gasteiger partial charge in [-0.1, -0.05) is 95.3 Å². The summed E-state index contributed by atoms with van der Waals surface area (Å²) in [5.74, 6) is 0.748. The molecule has 2 heterocycles. The van der Waals surface area contributed by atoms with Crippen LogP contribution >= 0.6 is 35.6 Å². The summed E-state index contributed by atoms with van der Waals surface area (Å²) in [6, 6.07) is 0. The van der Waals surface area contributed by atoms with Gasteiger partial charge in [-0.2, -0.15) is 0 Å². The van der Waals surface area contributed by atoms with E-state index in [2.05, 4.69) is 17.5 Å². The lowest BCUT2D eigenvalue weighted by atomic mass is 10.1. The SMILES string of the molecule is CC(=C/C=C/Cl)/C=C/C1=CCC=C(/C=C2\SC(=S)N(CC(=O)NCCCC3=CC=CC=CC3)C2=O)O1. The molecule has 0 aromatic carbocycles. The molecule has 3 rings (SSSR count). The molecule has 2 aliphatic heterocycles. The van der Waals surface area contributed by atoms with Gasteiger partial charge in [0.05, 0.1) is 4.91 Å². The van der Waals surface area contributed by atoms with Crippen LogP contribution in [-0.2, 0) is 14.3 Å². The molecule has 8 heteroatoms. The Bertz CT molecular complexity index is 1150. The van der Waals surface area contributed by atoms with Gasteiger partial charge in [0.2, 0.25) is 5.91 Å². The van der Waals surface area contributed by atoms with Crippen molar-refractivity contribution in [1.82, 2.24) is 10.2 Å². The van der Waals surface area contributed by atoms with Gasteiger partial charge in [-0.15, -0.1) is 0 Å². The molecule has 0 radical (unpaired) electrons. The molecule has 1 N–H and O–H groups in total. The smallest absolute Gasteiger partial charge is 0.266 e. The molecule has 1 fully saturated rings. The molecule has 5 nitrogen and oxygen atoms in total. The summed E-state index contributed by atoms with van der Waals surface area (Å²) in [5, 5.41) is 2.89. The number of hydrogen-bond donors (Lipinski definition) is 1. The highest BCUT2D eigenvalue weighted by Crippen LogP contribution is 2.32. The Balaban J connectivity index is 1.48. The average Bonchev–Trinajstić information content (AvgIpc) is 3.04. The minimum atomic E-state index is -0.287. The number of amides is 2. The number of thiocarbonyl (C=S) groups is 1. The van der Waals surface area contributed by atoms with Gasteiger partial charge < -0.3 is 10.1 Å². The maximum absolute atomic E-state index is 12.9. The van der Waals surface area contributed by atoms with Gasteiger partial charge in [0.25, 0.3) is 5.91 Å². The Labute approximate surface area is 227 Å². The zero-order valence-corrected chi connectivity index (χ0v) is 22.5. The van der Waals surface area contributed by atoms with Gasteiger partial charge in [0.1, 0.15) is 22.4 Å². The zero-order valence-electron chi connectivity index (χ0n) is 20.1. The first kappa shape index (κ1) is 27.7. The fourth-order valence-electron chi connectivity index (χ4n) is 3.47. The van der Waals surface area contributed by atoms with Gasteiger partial charge >= 0.3 is 0 Å². The second-order valence-electron chi connectivity index (χ2n) is 8.18. The molecular formula is C28H29ClN2O3S2. The second-order valence-corrected chi connectivity index (χ2v) is 10.1. The number of thioether (sulfide) groups is 1. The fourth-order valence-corrected chi connectivity index (χ4v) is 4.78. The van der Waals surface area contributed by atoms with E-state index in [0.717, 1.165) is 24.8 Å². The maximum Gasteiger partial charge on any atom is 0.266 e. The van der Waals surface area contributed by atoms with Crippen LogP contribution in [0.4, 0.5) is 0 Å². The van der Waals surface area contributed by atoms with Gasteiger partial charge in [-0.3, -0.25) is 14.5 Å². The van der Waals surface area contributed by atoms with E-state index in [1.165, 1.54) is 27.8 Å². The van der Waals surface area contributed by atoms with Crippen molar-refractivity contribution in [3.63, 3.8) is 0 Å². The number of allylic oxidation sites excluding steroid dienone is 14. The second kappa shape index (κ2) is 14.6. The molecule has 0 spiro atoms. The third-order valence-electron chi connectivity index (χ3n) is 5.33. The van der Waals surface area contributed by atoms with Crippen molar-refractivity contribution < 1.29 is 14.3 Å². The standard InChI is InChI=1S/C28H29ClN2O3S2/c1-21(9-7-17-29)15-16-23-13-6-14-24(34-23)19-25-27(33)31(28(35)36-25)20-26(32)30-18-8-12-22-10-4-2-3-5-11-22/h2-5,7,9-10,13-17,19H,6,8,11-12,18,20H2,1H3,(H,30,32)/b16-15+,17-7+,21-9-,25-19-. The van der Waals surface area contributed by atoms with Crippen LogP contribution in [0.5, 0.6) is 0 Å². The topological polar surface area (TPSA) is 58.6 Å². The Morgan fingerprint density at radius 1 is 1.28 bits per heavy atom. The van der Waals surface area contributed by atoms with Crippen LogP contribution in [0.3, 0.4) is 0 Å². The average molecular weight is 541 g/mol. The predicted molar refractivity (Wildman–Crippen MR) is 153 cm³/mol. The summed E-state index contributed by atoms with van der Waals surface area (Å²) in [6.07, 6.45) is 26.6. The number of ether oxygens (including phenoxy) is 1. The van der Waals surface area contributed by atoms with Crippen molar-refractivity contribution in [3.05, 3.63) is 106 Å². The molecule has 0 unspecified atom stereocenters. The number of halogens is 1. The molecule has 188 valence electrons. The fraction of sp³-hybridized carbons (Fsp3) is 0.250. The van der Waals surface area contributed by atoms with Crippen molar-refractivity contribution in [2.75, 3.05) is 13.1 Å². The van der Waals surface area contributed by atoms with E-state index in [0.29, 0.717) is 33.7 Å². The number of carbonyl (C=O) groups excluding carboxylic acids is 2. The minimum absolute atomic E-state index is 0.0909. The lowest BCUT2D eigenvalue weighted by Crippen LogP contribution is -2.39. The zero-order chi connectivity index (χ0) is 25.8. The largest absolute Gasteiger partial charge is 0.458 e. The molecule has 1 saturated heterocycles. The van der Waals surface area contributed by atoms with Crippen LogP contribution in [-0.4, -0.2) is 34.1 Å². The third-order valence-corrected chi connectivity index (χ3v) is 6.86. The molecule has 3 aliphatic rings. The summed E-state index contributed by atoms with van der Waals surface area (Å²) < 4.78 is 6.26. The van der Waals surface area contributed by atoms with Crippen LogP contribution in [0.25, 0.3) is 0 Å². The molecule has 1 aliphatic carbocycles. The van der Waals surface area contributed by atoms with E-state index in [1.54, 1.807) is 12.2 Å². The van der Waals surface area contributed by atoms with E-state index >= 15 is 0 Å². The van der Waals surface area contributed by atoms with E-state index in [-0.39, 0.29) is 18.4 Å². The summed E-state index contributed by atoms with van der Waals surface area (Å²) >= 11 is 12.1. The number of nitrogens with zero attached hydrogens (tertiary/aromatic N) is 1. The summed E-state index contributed by atoms with van der Waals surface area (Å²) in [6.45, 7) is 2.42. The van der Waals surface area contributed by atoms with Crippen molar-refractivity contribution in [3.8, 4) is 0 Å². The van der Waals surface area contributed by atoms with E-state index in [9.17, 15) is 9.59 Å². The Morgan fingerprint density at radius 3 is 2.94 bits per heavy atom. The third kappa shape index (κ3) is 8.97. The highest BCUT2D eigenvalue weighted by atomic mass is 35.5. The lowest BCUT2D eigenvalue weighted by Gasteiger charge is -2.14. The van der Waals surface area contributed by atoms with Crippen molar-refractivity contribution in [1.29, 1.82) is 0 Å². The first-order valence-electron chi connectivity index (χ1n) is 11.7. The van der Waals surface area contributed by atoms with Crippen molar-refractivity contribution >= 4 is 51.7 Å². The van der Waals surface area contributed by atoms with E-state index in [1.807, 2.05) is 55.5 Å². The van der Waals surface area contributed by atoms with Crippen molar-refractivity contribution in [2.45, 2.75) is 32.6 Å². The van der Waals surface area contributed by atoms with Gasteiger partial charge in [0.15, 0.2) is 0 Å². The van der Waals surface area contributed by atoms with Crippen LogP contribution in [0, 0.1) is 0 Å². The summed E-state index contributed by atoms with van der Waals surface area (Å²) in [7, 11) is 0. The highest BCUT2D eigenvalue weighted by Gasteiger charge is 2.33. The summed E-state index contributed by atoms with van der Waals surface area (Å²) in [5.41, 5.74) is 3.79. The predicted octanol–water partition coefficient (Wildman–Crippen LogP) is 6.51. The normalized spacial score (nSPS) is 19.6. The molecule has 2 amide bonds. The van der Waals surface area contributed by atoms with Crippen LogP contribution < -0.4 is 5.32 Å². The van der Waals surface area contributed by atoms with Crippen LogP contribution in [0.15, 0.2) is 106 Å². The Hall–Kier alpha value is -2.87. The number of hydrogen-bond acceptors (Lipinski definition) is 5. The van der Waals surface area contributed by atoms with Gasteiger partial charge in [-0.05, 0) is 50.8 Å². The molecule has 36 heavy (non-hydrogen) atoms. The van der Waals surface area contributed by atoms with E-state index in [4.69, 9.17) is 28.6 Å². The molecular weight excluding hydrogens is 512 g/mol. The van der Waals surface area contributed by atoms with Crippen molar-refractivity contribution in [2.24, 2.45) is 0 Å². The summed E-state index contributed by atoms with van der Waals surface area (Å²) in [4.78, 5) is 27.1. The number of rotatable bonds is 10. The van der Waals surface area contributed by atoms with E-state index < -0.39 is 0 Å². The van der Waals surface area contributed by atoms with Gasteiger partial charge in [-0.25, -0.2) is 0 Å². The quantitative estimate of drug-likeness (QED) is 0.148. The van der Waals surface area contributed by atoms with Crippen LogP contribution in [0.2, 0.25) is 0 Å². The monoisotopic (exact) mass is 540 g/mol. The molecule has 0 aromatic heterocycles. The number of nitrogens with one attached hydrogen (secondary N) is 1. The minimum Gasteiger partial charge on any atom is -0.458 e. The van der Waals surface area contributed by atoms with Crippen LogP contribution in [0.1, 0.15) is 32.6 Å². The molecule has 0 saturated carbocycles. The maximum atomic E-state index is 12.9. The Kier molecular flexibility index (Phi) is 11.3. The Morgan fingerprint density at radius 2 is 2.11 bits per heavy atom. The number of carbonyl (C=O) groups is 2. The molecule has 0 aromatic rings. The highest BCUT2D eigenvalue weighted by molar-refractivity contribution is 8.26. The first-order chi connectivity index (χ1) is 17.5. The van der Waals surface area contributed by atoms with Gasteiger partial charge in [0, 0.05) is 18.2 Å².